The Bertz CT molecular complexity index is 716. The molecule has 1 fully saturated rings. The van der Waals surface area contributed by atoms with Gasteiger partial charge in [-0.25, -0.2) is 12.8 Å². The molecule has 1 aliphatic rings. The summed E-state index contributed by atoms with van der Waals surface area (Å²) in [5.74, 6) is -1.40. The predicted octanol–water partition coefficient (Wildman–Crippen LogP) is -0.607. The minimum absolute atomic E-state index is 0.0979. The summed E-state index contributed by atoms with van der Waals surface area (Å²) >= 11 is 0. The minimum Gasteiger partial charge on any atom is -0.342 e. The number of piperazine rings is 1. The van der Waals surface area contributed by atoms with Gasteiger partial charge in [0.1, 0.15) is 12.4 Å². The number of rotatable bonds is 5. The molecule has 1 aliphatic heterocycles. The molecule has 0 aromatic heterocycles. The lowest BCUT2D eigenvalue weighted by Gasteiger charge is -2.31. The van der Waals surface area contributed by atoms with Crippen molar-refractivity contribution in [2.45, 2.75) is 11.1 Å². The smallest absolute Gasteiger partial charge is 0.342 e. The fraction of sp³-hybridized carbons (Fsp3) is 0.500. The van der Waals surface area contributed by atoms with Crippen LogP contribution in [-0.4, -0.2) is 64.1 Å². The van der Waals surface area contributed by atoms with E-state index in [1.165, 1.54) is 16.4 Å². The van der Waals surface area contributed by atoms with E-state index < -0.39 is 34.5 Å². The molecule has 0 spiro atoms. The van der Waals surface area contributed by atoms with Crippen LogP contribution in [0.2, 0.25) is 0 Å². The Morgan fingerprint density at radius 3 is 2.44 bits per heavy atom. The molecule has 2 N–H and O–H groups in total. The Morgan fingerprint density at radius 2 is 1.88 bits per heavy atom. The van der Waals surface area contributed by atoms with Crippen LogP contribution in [0.15, 0.2) is 29.2 Å². The van der Waals surface area contributed by atoms with Crippen LogP contribution in [0, 0.1) is 5.82 Å². The summed E-state index contributed by atoms with van der Waals surface area (Å²) in [6, 6.07) is 4.66. The highest BCUT2D eigenvalue weighted by molar-refractivity contribution is 7.89. The number of amides is 1. The minimum atomic E-state index is -4.47. The zero-order chi connectivity index (χ0) is 18.7. The number of sulfonamides is 1. The van der Waals surface area contributed by atoms with E-state index in [0.717, 1.165) is 12.1 Å². The molecule has 1 saturated heterocycles. The third-order valence-corrected chi connectivity index (χ3v) is 5.65. The van der Waals surface area contributed by atoms with Gasteiger partial charge in [-0.15, -0.1) is 0 Å². The lowest BCUT2D eigenvalue weighted by molar-refractivity contribution is -0.895. The summed E-state index contributed by atoms with van der Waals surface area (Å²) < 4.78 is 75.4. The Kier molecular flexibility index (Phi) is 6.01. The molecule has 1 aromatic rings. The van der Waals surface area contributed by atoms with Crippen LogP contribution in [-0.2, 0) is 14.8 Å². The van der Waals surface area contributed by atoms with E-state index in [-0.39, 0.29) is 37.6 Å². The van der Waals surface area contributed by atoms with Gasteiger partial charge in [-0.3, -0.25) is 4.79 Å². The first-order valence-electron chi connectivity index (χ1n) is 7.51. The van der Waals surface area contributed by atoms with Gasteiger partial charge in [0.25, 0.3) is 5.91 Å². The summed E-state index contributed by atoms with van der Waals surface area (Å²) in [6.45, 7) is -0.813. The molecule has 140 valence electrons. The van der Waals surface area contributed by atoms with Gasteiger partial charge in [-0.1, -0.05) is 6.07 Å². The average Bonchev–Trinajstić information content (AvgIpc) is 2.53. The third kappa shape index (κ3) is 5.65. The molecule has 1 amide bonds. The molecule has 1 heterocycles. The second-order valence-corrected chi connectivity index (χ2v) is 7.62. The van der Waals surface area contributed by atoms with Crippen LogP contribution in [0.25, 0.3) is 0 Å². The largest absolute Gasteiger partial charge is 0.405 e. The molecule has 6 nitrogen and oxygen atoms in total. The molecule has 0 unspecified atom stereocenters. The molecular formula is C14H18F4N3O3S+. The number of hydrogen-bond donors (Lipinski definition) is 2. The van der Waals surface area contributed by atoms with Crippen LogP contribution in [0.4, 0.5) is 17.6 Å². The molecule has 11 heteroatoms. The number of carbonyl (C=O) groups is 1. The Morgan fingerprint density at radius 1 is 1.24 bits per heavy atom. The lowest BCUT2D eigenvalue weighted by atomic mass is 10.3. The van der Waals surface area contributed by atoms with Crippen molar-refractivity contribution in [1.82, 2.24) is 9.62 Å². The first kappa shape index (κ1) is 19.6. The van der Waals surface area contributed by atoms with Gasteiger partial charge in [-0.05, 0) is 18.2 Å². The Hall–Kier alpha value is -1.72. The highest BCUT2D eigenvalue weighted by Crippen LogP contribution is 2.16. The molecule has 0 radical (unpaired) electrons. The van der Waals surface area contributed by atoms with E-state index >= 15 is 0 Å². The van der Waals surface area contributed by atoms with Gasteiger partial charge in [0.05, 0.1) is 31.1 Å². The molecule has 25 heavy (non-hydrogen) atoms. The summed E-state index contributed by atoms with van der Waals surface area (Å²) in [6.07, 6.45) is -4.47. The van der Waals surface area contributed by atoms with E-state index in [9.17, 15) is 30.8 Å². The van der Waals surface area contributed by atoms with Crippen LogP contribution in [0.1, 0.15) is 0 Å². The first-order chi connectivity index (χ1) is 11.6. The molecular weight excluding hydrogens is 366 g/mol. The quantitative estimate of drug-likeness (QED) is 0.666. The van der Waals surface area contributed by atoms with Crippen molar-refractivity contribution >= 4 is 15.9 Å². The summed E-state index contributed by atoms with van der Waals surface area (Å²) in [5, 5.41) is 1.79. The summed E-state index contributed by atoms with van der Waals surface area (Å²) in [4.78, 5) is 12.0. The fourth-order valence-electron chi connectivity index (χ4n) is 2.48. The number of benzene rings is 1. The van der Waals surface area contributed by atoms with Gasteiger partial charge < -0.3 is 10.2 Å². The van der Waals surface area contributed by atoms with Gasteiger partial charge in [0.2, 0.25) is 10.0 Å². The van der Waals surface area contributed by atoms with Crippen molar-refractivity contribution < 1.29 is 35.7 Å². The first-order valence-corrected chi connectivity index (χ1v) is 8.95. The zero-order valence-corrected chi connectivity index (χ0v) is 14.0. The van der Waals surface area contributed by atoms with E-state index in [1.807, 2.05) is 0 Å². The number of nitrogens with one attached hydrogen (secondary N) is 2. The second kappa shape index (κ2) is 7.67. The highest BCUT2D eigenvalue weighted by atomic mass is 32.2. The van der Waals surface area contributed by atoms with E-state index in [0.29, 0.717) is 4.90 Å². The monoisotopic (exact) mass is 384 g/mol. The standard InChI is InChI=1S/C14H17F4N3O3S/c15-11-2-1-3-12(8-11)25(23,24)21-6-4-20(5-7-21)9-13(22)19-10-14(16,17)18/h1-3,8H,4-7,9-10H2,(H,19,22)/p+1. The van der Waals surface area contributed by atoms with Gasteiger partial charge in [0.15, 0.2) is 6.54 Å². The number of carbonyl (C=O) groups excluding carboxylic acids is 1. The van der Waals surface area contributed by atoms with E-state index in [1.54, 1.807) is 5.32 Å². The fourth-order valence-corrected chi connectivity index (χ4v) is 3.96. The molecule has 0 aliphatic carbocycles. The number of quaternary nitrogens is 1. The molecule has 0 bridgehead atoms. The van der Waals surface area contributed by atoms with E-state index in [4.69, 9.17) is 0 Å². The Balaban J connectivity index is 1.88. The van der Waals surface area contributed by atoms with Gasteiger partial charge in [0, 0.05) is 0 Å². The van der Waals surface area contributed by atoms with Crippen molar-refractivity contribution in [2.75, 3.05) is 39.3 Å². The second-order valence-electron chi connectivity index (χ2n) is 5.68. The highest BCUT2D eigenvalue weighted by Gasteiger charge is 2.32. The molecule has 0 saturated carbocycles. The van der Waals surface area contributed by atoms with Crippen molar-refractivity contribution in [3.8, 4) is 0 Å². The average molecular weight is 384 g/mol. The summed E-state index contributed by atoms with van der Waals surface area (Å²) in [7, 11) is -3.84. The Labute approximate surface area is 142 Å². The van der Waals surface area contributed by atoms with Gasteiger partial charge >= 0.3 is 6.18 Å². The van der Waals surface area contributed by atoms with Crippen LogP contribution < -0.4 is 10.2 Å². The summed E-state index contributed by atoms with van der Waals surface area (Å²) in [5.41, 5.74) is 0. The number of alkyl halides is 3. The lowest BCUT2D eigenvalue weighted by Crippen LogP contribution is -3.15. The van der Waals surface area contributed by atoms with Crippen LogP contribution >= 0.6 is 0 Å². The normalized spacial score (nSPS) is 17.4. The van der Waals surface area contributed by atoms with Crippen molar-refractivity contribution in [2.24, 2.45) is 0 Å². The van der Waals surface area contributed by atoms with Gasteiger partial charge in [-0.2, -0.15) is 17.5 Å². The number of nitrogens with zero attached hydrogens (tertiary/aromatic N) is 1. The SMILES string of the molecule is O=C(C[NH+]1CCN(S(=O)(=O)c2cccc(F)c2)CC1)NCC(F)(F)F. The number of hydrogen-bond acceptors (Lipinski definition) is 3. The third-order valence-electron chi connectivity index (χ3n) is 3.76. The molecule has 1 aromatic carbocycles. The maximum Gasteiger partial charge on any atom is 0.405 e. The van der Waals surface area contributed by atoms with Crippen molar-refractivity contribution in [3.63, 3.8) is 0 Å². The van der Waals surface area contributed by atoms with E-state index in [2.05, 4.69) is 0 Å². The predicted molar refractivity (Wildman–Crippen MR) is 79.8 cm³/mol. The zero-order valence-electron chi connectivity index (χ0n) is 13.1. The molecule has 2 rings (SSSR count). The van der Waals surface area contributed by atoms with Crippen LogP contribution in [0.5, 0.6) is 0 Å². The van der Waals surface area contributed by atoms with Crippen molar-refractivity contribution in [1.29, 1.82) is 0 Å². The topological polar surface area (TPSA) is 70.9 Å². The number of halogens is 4. The van der Waals surface area contributed by atoms with Crippen molar-refractivity contribution in [3.05, 3.63) is 30.1 Å². The molecule has 0 atom stereocenters. The van der Waals surface area contributed by atoms with Crippen LogP contribution in [0.3, 0.4) is 0 Å². The maximum atomic E-state index is 13.2. The maximum absolute atomic E-state index is 13.2.